The molecule has 48 valence electrons. The predicted octanol–water partition coefficient (Wildman–Crippen LogP) is 2.24. The lowest BCUT2D eigenvalue weighted by Gasteiger charge is -1.98. The van der Waals surface area contributed by atoms with Gasteiger partial charge in [-0.15, -0.1) is 0 Å². The smallest absolute Gasteiger partial charge is 0.105 e. The summed E-state index contributed by atoms with van der Waals surface area (Å²) in [5.74, 6) is 0. The quantitative estimate of drug-likeness (QED) is 0.540. The van der Waals surface area contributed by atoms with E-state index in [4.69, 9.17) is 12.2 Å². The van der Waals surface area contributed by atoms with Gasteiger partial charge >= 0.3 is 0 Å². The van der Waals surface area contributed by atoms with E-state index in [1.807, 2.05) is 29.0 Å². The summed E-state index contributed by atoms with van der Waals surface area (Å²) in [6.07, 6.45) is 1.99. The third-order valence-electron chi connectivity index (χ3n) is 1.24. The van der Waals surface area contributed by atoms with Crippen molar-refractivity contribution in [1.82, 2.24) is 4.57 Å². The van der Waals surface area contributed by atoms with E-state index < -0.39 is 0 Å². The van der Waals surface area contributed by atoms with E-state index in [9.17, 15) is 0 Å². The highest BCUT2D eigenvalue weighted by atomic mass is 32.1. The van der Waals surface area contributed by atoms with Crippen molar-refractivity contribution in [1.29, 1.82) is 0 Å². The van der Waals surface area contributed by atoms with Crippen LogP contribution >= 0.6 is 12.2 Å². The molecular formula is C7H9NS. The van der Waals surface area contributed by atoms with Gasteiger partial charge in [-0.3, -0.25) is 0 Å². The fourth-order valence-corrected chi connectivity index (χ4v) is 0.990. The molecule has 1 aromatic heterocycles. The van der Waals surface area contributed by atoms with E-state index >= 15 is 0 Å². The van der Waals surface area contributed by atoms with Crippen LogP contribution in [0.5, 0.6) is 0 Å². The third-order valence-corrected chi connectivity index (χ3v) is 1.61. The van der Waals surface area contributed by atoms with Crippen LogP contribution in [0.15, 0.2) is 24.4 Å². The molecule has 2 heteroatoms. The molecule has 0 atom stereocenters. The van der Waals surface area contributed by atoms with Gasteiger partial charge in [0.05, 0.1) is 0 Å². The van der Waals surface area contributed by atoms with E-state index in [0.717, 1.165) is 11.2 Å². The van der Waals surface area contributed by atoms with Crippen molar-refractivity contribution in [3.63, 3.8) is 0 Å². The molecule has 0 N–H and O–H groups in total. The van der Waals surface area contributed by atoms with E-state index in [2.05, 4.69) is 6.92 Å². The zero-order valence-corrected chi connectivity index (χ0v) is 6.19. The molecule has 0 aliphatic heterocycles. The number of aromatic nitrogens is 1. The number of hydrogen-bond acceptors (Lipinski definition) is 1. The van der Waals surface area contributed by atoms with Crippen LogP contribution in [0.25, 0.3) is 0 Å². The Morgan fingerprint density at radius 1 is 1.56 bits per heavy atom. The molecule has 0 saturated heterocycles. The van der Waals surface area contributed by atoms with Crippen LogP contribution in [0.3, 0.4) is 0 Å². The topological polar surface area (TPSA) is 4.93 Å². The minimum atomic E-state index is 0.903. The maximum Gasteiger partial charge on any atom is 0.105 e. The Morgan fingerprint density at radius 2 is 2.33 bits per heavy atom. The molecule has 0 fully saturated rings. The Kier molecular flexibility index (Phi) is 2.01. The van der Waals surface area contributed by atoms with Gasteiger partial charge in [0.1, 0.15) is 4.64 Å². The van der Waals surface area contributed by atoms with Gasteiger partial charge in [0.2, 0.25) is 0 Å². The Morgan fingerprint density at radius 3 is 2.78 bits per heavy atom. The van der Waals surface area contributed by atoms with Gasteiger partial charge < -0.3 is 4.57 Å². The van der Waals surface area contributed by atoms with Gasteiger partial charge in [0, 0.05) is 12.7 Å². The number of rotatable bonds is 1. The van der Waals surface area contributed by atoms with Gasteiger partial charge in [0.15, 0.2) is 0 Å². The summed E-state index contributed by atoms with van der Waals surface area (Å²) in [7, 11) is 0. The molecule has 1 aromatic rings. The van der Waals surface area contributed by atoms with Crippen molar-refractivity contribution < 1.29 is 0 Å². The van der Waals surface area contributed by atoms with Crippen LogP contribution in [0, 0.1) is 4.64 Å². The normalized spacial score (nSPS) is 9.44. The summed E-state index contributed by atoms with van der Waals surface area (Å²) < 4.78 is 2.93. The van der Waals surface area contributed by atoms with Crippen LogP contribution in [-0.4, -0.2) is 4.57 Å². The molecule has 0 aliphatic carbocycles. The maximum atomic E-state index is 5.01. The second-order valence-electron chi connectivity index (χ2n) is 1.82. The molecule has 1 heterocycles. The van der Waals surface area contributed by atoms with Crippen LogP contribution in [0.4, 0.5) is 0 Å². The SMILES string of the molecule is CCn1ccccc1=S. The third kappa shape index (κ3) is 1.39. The fourth-order valence-electron chi connectivity index (χ4n) is 0.722. The molecule has 0 spiro atoms. The summed E-state index contributed by atoms with van der Waals surface area (Å²) in [5.41, 5.74) is 0. The highest BCUT2D eigenvalue weighted by Gasteiger charge is 1.81. The Labute approximate surface area is 59.9 Å². The number of pyridine rings is 1. The summed E-state index contributed by atoms with van der Waals surface area (Å²) in [6, 6.07) is 5.87. The van der Waals surface area contributed by atoms with Crippen molar-refractivity contribution in [2.24, 2.45) is 0 Å². The van der Waals surface area contributed by atoms with Gasteiger partial charge in [-0.05, 0) is 19.1 Å². The van der Waals surface area contributed by atoms with Crippen LogP contribution in [0.1, 0.15) is 6.92 Å². The lowest BCUT2D eigenvalue weighted by molar-refractivity contribution is 0.745. The average Bonchev–Trinajstić information content (AvgIpc) is 1.89. The minimum Gasteiger partial charge on any atom is -0.340 e. The number of nitrogens with zero attached hydrogens (tertiary/aromatic N) is 1. The molecule has 1 rings (SSSR count). The molecule has 0 bridgehead atoms. The van der Waals surface area contributed by atoms with Crippen LogP contribution in [-0.2, 0) is 6.54 Å². The monoisotopic (exact) mass is 139 g/mol. The molecular weight excluding hydrogens is 130 g/mol. The van der Waals surface area contributed by atoms with Gasteiger partial charge in [0.25, 0.3) is 0 Å². The second-order valence-corrected chi connectivity index (χ2v) is 2.24. The van der Waals surface area contributed by atoms with Crippen molar-refractivity contribution in [2.75, 3.05) is 0 Å². The first kappa shape index (κ1) is 6.49. The highest BCUT2D eigenvalue weighted by Crippen LogP contribution is 1.91. The molecule has 0 radical (unpaired) electrons. The molecule has 0 amide bonds. The largest absolute Gasteiger partial charge is 0.340 e. The molecule has 0 unspecified atom stereocenters. The summed E-state index contributed by atoms with van der Waals surface area (Å²) >= 11 is 5.01. The van der Waals surface area contributed by atoms with Gasteiger partial charge in [-0.1, -0.05) is 18.3 Å². The van der Waals surface area contributed by atoms with Crippen molar-refractivity contribution in [3.05, 3.63) is 29.0 Å². The zero-order chi connectivity index (χ0) is 6.69. The maximum absolute atomic E-state index is 5.01. The summed E-state index contributed by atoms with van der Waals surface area (Å²) in [6.45, 7) is 3.04. The first-order chi connectivity index (χ1) is 4.34. The van der Waals surface area contributed by atoms with Crippen molar-refractivity contribution >= 4 is 12.2 Å². The minimum absolute atomic E-state index is 0.903. The number of hydrogen-bond donors (Lipinski definition) is 0. The fraction of sp³-hybridized carbons (Fsp3) is 0.286. The standard InChI is InChI=1S/C7H9NS/c1-2-8-6-4-3-5-7(8)9/h3-6H,2H2,1H3. The molecule has 1 nitrogen and oxygen atoms in total. The van der Waals surface area contributed by atoms with Crippen LogP contribution < -0.4 is 0 Å². The van der Waals surface area contributed by atoms with Crippen molar-refractivity contribution in [2.45, 2.75) is 13.5 Å². The van der Waals surface area contributed by atoms with E-state index in [1.54, 1.807) is 0 Å². The molecule has 9 heavy (non-hydrogen) atoms. The Hall–Kier alpha value is -0.630. The number of aryl methyl sites for hydroxylation is 1. The first-order valence-electron chi connectivity index (χ1n) is 3.00. The predicted molar refractivity (Wildman–Crippen MR) is 40.9 cm³/mol. The first-order valence-corrected chi connectivity index (χ1v) is 3.41. The Balaban J connectivity index is 3.16. The zero-order valence-electron chi connectivity index (χ0n) is 5.37. The molecule has 0 aromatic carbocycles. The highest BCUT2D eigenvalue weighted by molar-refractivity contribution is 7.71. The van der Waals surface area contributed by atoms with Crippen molar-refractivity contribution in [3.8, 4) is 0 Å². The lowest BCUT2D eigenvalue weighted by Crippen LogP contribution is -1.93. The average molecular weight is 139 g/mol. The van der Waals surface area contributed by atoms with Crippen LogP contribution in [0.2, 0.25) is 0 Å². The summed E-state index contributed by atoms with van der Waals surface area (Å²) in [5, 5.41) is 0. The molecule has 0 saturated carbocycles. The van der Waals surface area contributed by atoms with E-state index in [1.165, 1.54) is 0 Å². The van der Waals surface area contributed by atoms with E-state index in [-0.39, 0.29) is 0 Å². The van der Waals surface area contributed by atoms with Gasteiger partial charge in [-0.25, -0.2) is 0 Å². The van der Waals surface area contributed by atoms with Gasteiger partial charge in [-0.2, -0.15) is 0 Å². The lowest BCUT2D eigenvalue weighted by atomic mass is 10.5. The van der Waals surface area contributed by atoms with E-state index in [0.29, 0.717) is 0 Å². The second kappa shape index (κ2) is 2.78. The summed E-state index contributed by atoms with van der Waals surface area (Å²) in [4.78, 5) is 0. The Bertz CT molecular complexity index is 239. The molecule has 0 aliphatic rings.